The van der Waals surface area contributed by atoms with Crippen molar-refractivity contribution in [3.63, 3.8) is 0 Å². The molecular weight excluding hydrogens is 471 g/mol. The fraction of sp³-hybridized carbons (Fsp3) is 0.793. The van der Waals surface area contributed by atoms with Crippen LogP contribution in [0.3, 0.4) is 0 Å². The maximum atomic E-state index is 11.2. The van der Waals surface area contributed by atoms with Gasteiger partial charge in [0.1, 0.15) is 12.6 Å². The summed E-state index contributed by atoms with van der Waals surface area (Å²) in [5.41, 5.74) is 7.99. The first-order chi connectivity index (χ1) is 17.1. The van der Waals surface area contributed by atoms with Gasteiger partial charge in [-0.3, -0.25) is 4.52 Å². The highest BCUT2D eigenvalue weighted by atomic mass is 31.2. The van der Waals surface area contributed by atoms with Crippen LogP contribution >= 0.6 is 7.82 Å². The lowest BCUT2D eigenvalue weighted by Gasteiger charge is -2.29. The minimum Gasteiger partial charge on any atom is -0.399 e. The molecule has 0 radical (unpaired) electrons. The van der Waals surface area contributed by atoms with Crippen molar-refractivity contribution in [3.05, 3.63) is 29.8 Å². The van der Waals surface area contributed by atoms with Crippen LogP contribution in [0.2, 0.25) is 0 Å². The molecule has 1 rings (SSSR count). The van der Waals surface area contributed by atoms with E-state index >= 15 is 0 Å². The molecule has 6 nitrogen and oxygen atoms in total. The van der Waals surface area contributed by atoms with E-state index in [0.29, 0.717) is 17.4 Å². The minimum atomic E-state index is -4.42. The van der Waals surface area contributed by atoms with Crippen molar-refractivity contribution in [2.45, 2.75) is 122 Å². The molecule has 4 N–H and O–H groups in total. The topological polar surface area (TPSA) is 92.8 Å². The van der Waals surface area contributed by atoms with Gasteiger partial charge in [-0.05, 0) is 37.0 Å². The number of phosphoric acid groups is 1. The van der Waals surface area contributed by atoms with E-state index in [2.05, 4.69) is 12.1 Å². The summed E-state index contributed by atoms with van der Waals surface area (Å²) in [7, 11) is 1.63. The molecular formula is C29H56N2O4P+. The Morgan fingerprint density at radius 1 is 0.722 bits per heavy atom. The summed E-state index contributed by atoms with van der Waals surface area (Å²) in [5, 5.41) is 0. The van der Waals surface area contributed by atoms with Gasteiger partial charge in [-0.1, -0.05) is 108 Å². The smallest absolute Gasteiger partial charge is 0.399 e. The zero-order valence-electron chi connectivity index (χ0n) is 23.5. The number of rotatable bonds is 23. The monoisotopic (exact) mass is 527 g/mol. The number of likely N-dealkylation sites (N-methyl/N-ethyl adjacent to an activating group) is 1. The number of nitrogens with zero attached hydrogens (tertiary/aromatic N) is 1. The molecule has 0 saturated heterocycles. The Bertz CT molecular complexity index is 700. The standard InChI is InChI=1S/C29H55N2O4P/c1-31(2,3)26-29(35-36(32,33)34)21-19-17-15-13-11-9-7-5-4-6-8-10-12-14-16-18-20-27-22-24-28(30)25-23-27/h22-25,29H,4-21,26,30H2,1-3H3,(H-,32,33,34)/p+1. The average molecular weight is 528 g/mol. The molecule has 0 aromatic heterocycles. The molecule has 0 saturated carbocycles. The van der Waals surface area contributed by atoms with Crippen LogP contribution in [0.1, 0.15) is 115 Å². The summed E-state index contributed by atoms with van der Waals surface area (Å²) in [6.07, 6.45) is 22.3. The molecule has 0 aliphatic carbocycles. The number of hydrogen-bond acceptors (Lipinski definition) is 3. The van der Waals surface area contributed by atoms with Crippen molar-refractivity contribution in [2.75, 3.05) is 33.4 Å². The van der Waals surface area contributed by atoms with Crippen molar-refractivity contribution in [1.29, 1.82) is 0 Å². The van der Waals surface area contributed by atoms with Gasteiger partial charge in [0.25, 0.3) is 0 Å². The normalized spacial score (nSPS) is 13.2. The summed E-state index contributed by atoms with van der Waals surface area (Å²) < 4.78 is 16.9. The molecule has 0 aliphatic rings. The summed E-state index contributed by atoms with van der Waals surface area (Å²) in [6.45, 7) is 0.608. The minimum absolute atomic E-state index is 0.383. The maximum absolute atomic E-state index is 11.2. The van der Waals surface area contributed by atoms with Crippen LogP contribution in [0.15, 0.2) is 24.3 Å². The van der Waals surface area contributed by atoms with Crippen molar-refractivity contribution < 1.29 is 23.4 Å². The van der Waals surface area contributed by atoms with Gasteiger partial charge < -0.3 is 20.0 Å². The number of phosphoric ester groups is 1. The van der Waals surface area contributed by atoms with E-state index in [1.165, 1.54) is 102 Å². The molecule has 0 aliphatic heterocycles. The van der Waals surface area contributed by atoms with Gasteiger partial charge in [0.05, 0.1) is 21.1 Å². The Morgan fingerprint density at radius 2 is 1.11 bits per heavy atom. The molecule has 1 aromatic carbocycles. The molecule has 1 aromatic rings. The van der Waals surface area contributed by atoms with E-state index in [9.17, 15) is 4.57 Å². The molecule has 0 heterocycles. The van der Waals surface area contributed by atoms with E-state index in [-0.39, 0.29) is 6.10 Å². The van der Waals surface area contributed by atoms with Crippen LogP contribution in [-0.2, 0) is 15.5 Å². The summed E-state index contributed by atoms with van der Waals surface area (Å²) in [5.74, 6) is 0. The number of nitrogens with two attached hydrogens (primary N) is 1. The second-order valence-corrected chi connectivity index (χ2v) is 12.8. The highest BCUT2D eigenvalue weighted by molar-refractivity contribution is 7.46. The van der Waals surface area contributed by atoms with Crippen LogP contribution in [0.25, 0.3) is 0 Å². The van der Waals surface area contributed by atoms with Crippen molar-refractivity contribution in [3.8, 4) is 0 Å². The number of anilines is 1. The zero-order valence-corrected chi connectivity index (χ0v) is 24.4. The van der Waals surface area contributed by atoms with Crippen LogP contribution in [0.4, 0.5) is 5.69 Å². The largest absolute Gasteiger partial charge is 0.470 e. The van der Waals surface area contributed by atoms with Crippen LogP contribution in [0.5, 0.6) is 0 Å². The number of nitrogen functional groups attached to an aromatic ring is 1. The average Bonchev–Trinajstić information content (AvgIpc) is 2.77. The highest BCUT2D eigenvalue weighted by Crippen LogP contribution is 2.39. The quantitative estimate of drug-likeness (QED) is 0.0589. The second-order valence-electron chi connectivity index (χ2n) is 11.6. The third kappa shape index (κ3) is 21.2. The first kappa shape index (κ1) is 33.1. The molecule has 0 bridgehead atoms. The molecule has 7 heteroatoms. The first-order valence-electron chi connectivity index (χ1n) is 14.4. The summed E-state index contributed by atoms with van der Waals surface area (Å²) >= 11 is 0. The third-order valence-corrected chi connectivity index (χ3v) is 7.33. The van der Waals surface area contributed by atoms with Gasteiger partial charge in [-0.25, -0.2) is 4.57 Å². The second kappa shape index (κ2) is 19.2. The van der Waals surface area contributed by atoms with Crippen molar-refractivity contribution in [1.82, 2.24) is 0 Å². The number of quaternary nitrogens is 1. The number of unbranched alkanes of at least 4 members (excludes halogenated alkanes) is 15. The predicted octanol–water partition coefficient (Wildman–Crippen LogP) is 7.63. The fourth-order valence-corrected chi connectivity index (χ4v) is 5.40. The van der Waals surface area contributed by atoms with Crippen molar-refractivity contribution >= 4 is 13.5 Å². The fourth-order valence-electron chi connectivity index (χ4n) is 4.84. The zero-order chi connectivity index (χ0) is 26.7. The van der Waals surface area contributed by atoms with Gasteiger partial charge in [0.15, 0.2) is 0 Å². The van der Waals surface area contributed by atoms with E-state index in [0.717, 1.165) is 18.5 Å². The Kier molecular flexibility index (Phi) is 17.7. The predicted molar refractivity (Wildman–Crippen MR) is 153 cm³/mol. The van der Waals surface area contributed by atoms with Crippen LogP contribution < -0.4 is 5.73 Å². The first-order valence-corrected chi connectivity index (χ1v) is 16.0. The lowest BCUT2D eigenvalue weighted by molar-refractivity contribution is -0.873. The SMILES string of the molecule is C[N+](C)(C)CC(CCCCCCCCCCCCCCCCCCc1ccc(N)cc1)OP(=O)(O)O. The highest BCUT2D eigenvalue weighted by Gasteiger charge is 2.26. The Morgan fingerprint density at radius 3 is 1.50 bits per heavy atom. The third-order valence-electron chi connectivity index (χ3n) is 6.76. The molecule has 210 valence electrons. The number of hydrogen-bond donors (Lipinski definition) is 3. The molecule has 36 heavy (non-hydrogen) atoms. The molecule has 0 amide bonds. The molecule has 1 unspecified atom stereocenters. The van der Waals surface area contributed by atoms with Gasteiger partial charge in [0, 0.05) is 5.69 Å². The van der Waals surface area contributed by atoms with E-state index in [4.69, 9.17) is 20.0 Å². The maximum Gasteiger partial charge on any atom is 0.470 e. The molecule has 1 atom stereocenters. The Labute approximate surface area is 221 Å². The van der Waals surface area contributed by atoms with Gasteiger partial charge in [-0.2, -0.15) is 0 Å². The van der Waals surface area contributed by atoms with E-state index in [1.54, 1.807) is 0 Å². The molecule has 0 fully saturated rings. The summed E-state index contributed by atoms with van der Waals surface area (Å²) in [6, 6.07) is 8.29. The number of benzene rings is 1. The lowest BCUT2D eigenvalue weighted by atomic mass is 10.0. The van der Waals surface area contributed by atoms with E-state index in [1.807, 2.05) is 33.3 Å². The Balaban J connectivity index is 1.85. The van der Waals surface area contributed by atoms with E-state index < -0.39 is 7.82 Å². The van der Waals surface area contributed by atoms with Gasteiger partial charge in [0.2, 0.25) is 0 Å². The lowest BCUT2D eigenvalue weighted by Crippen LogP contribution is -2.42. The van der Waals surface area contributed by atoms with Crippen LogP contribution in [0, 0.1) is 0 Å². The van der Waals surface area contributed by atoms with Gasteiger partial charge in [-0.15, -0.1) is 0 Å². The van der Waals surface area contributed by atoms with Crippen molar-refractivity contribution in [2.24, 2.45) is 0 Å². The van der Waals surface area contributed by atoms with Crippen LogP contribution in [-0.4, -0.2) is 48.1 Å². The summed E-state index contributed by atoms with van der Waals surface area (Å²) in [4.78, 5) is 18.3. The molecule has 0 spiro atoms. The van der Waals surface area contributed by atoms with Gasteiger partial charge >= 0.3 is 7.82 Å². The Hall–Kier alpha value is -0.910. The number of aryl methyl sites for hydroxylation is 1.